The molecule has 0 bridgehead atoms. The predicted molar refractivity (Wildman–Crippen MR) is 91.1 cm³/mol. The topological polar surface area (TPSA) is 50.5 Å². The molecule has 136 valence electrons. The number of piperidine rings is 1. The van der Waals surface area contributed by atoms with E-state index >= 15 is 0 Å². The third-order valence-corrected chi connectivity index (χ3v) is 5.25. The molecule has 0 atom stereocenters. The van der Waals surface area contributed by atoms with Crippen molar-refractivity contribution in [2.45, 2.75) is 25.4 Å². The van der Waals surface area contributed by atoms with Crippen LogP contribution >= 0.6 is 11.3 Å². The lowest BCUT2D eigenvalue weighted by Crippen LogP contribution is -2.35. The van der Waals surface area contributed by atoms with Gasteiger partial charge < -0.3 is 4.90 Å². The third kappa shape index (κ3) is 3.07. The lowest BCUT2D eigenvalue weighted by Gasteiger charge is -2.25. The van der Waals surface area contributed by atoms with E-state index in [0.29, 0.717) is 22.5 Å². The molecule has 9 heteroatoms. The monoisotopic (exact) mass is 380 g/mol. The number of nitrogens with zero attached hydrogens (tertiary/aromatic N) is 4. The van der Waals surface area contributed by atoms with Crippen molar-refractivity contribution < 1.29 is 18.0 Å². The van der Waals surface area contributed by atoms with Crippen molar-refractivity contribution in [1.82, 2.24) is 19.5 Å². The Labute approximate surface area is 151 Å². The van der Waals surface area contributed by atoms with Gasteiger partial charge in [0, 0.05) is 19.2 Å². The van der Waals surface area contributed by atoms with E-state index in [9.17, 15) is 18.0 Å². The number of thiophene rings is 1. The van der Waals surface area contributed by atoms with Crippen LogP contribution in [-0.4, -0.2) is 38.5 Å². The molecular formula is C17H15F3N4OS. The molecule has 1 fully saturated rings. The molecule has 0 unspecified atom stereocenters. The molecular weight excluding hydrogens is 365 g/mol. The SMILES string of the molecule is O=C(c1cc2nc(-c3cccs3)cc(C(F)(F)F)n2n1)N1CCCCC1. The van der Waals surface area contributed by atoms with E-state index < -0.39 is 11.9 Å². The van der Waals surface area contributed by atoms with Gasteiger partial charge in [0.15, 0.2) is 17.0 Å². The van der Waals surface area contributed by atoms with Gasteiger partial charge in [-0.15, -0.1) is 11.3 Å². The predicted octanol–water partition coefficient (Wildman–Crippen LogP) is 4.10. The summed E-state index contributed by atoms with van der Waals surface area (Å²) in [6.07, 6.45) is -1.76. The van der Waals surface area contributed by atoms with E-state index in [0.717, 1.165) is 25.3 Å². The summed E-state index contributed by atoms with van der Waals surface area (Å²) in [4.78, 5) is 19.1. The van der Waals surface area contributed by atoms with Crippen LogP contribution in [0, 0.1) is 0 Å². The standard InChI is InChI=1S/C17H15F3N4OS/c18-17(19,20)14-9-11(13-5-4-8-26-13)21-15-10-12(22-24(14)15)16(25)23-6-2-1-3-7-23/h4-5,8-10H,1-3,6-7H2. The van der Waals surface area contributed by atoms with Gasteiger partial charge >= 0.3 is 6.18 Å². The van der Waals surface area contributed by atoms with Crippen molar-refractivity contribution in [2.75, 3.05) is 13.1 Å². The maximum absolute atomic E-state index is 13.5. The Morgan fingerprint density at radius 3 is 2.58 bits per heavy atom. The van der Waals surface area contributed by atoms with Gasteiger partial charge in [-0.3, -0.25) is 4.79 Å². The van der Waals surface area contributed by atoms with E-state index in [2.05, 4.69) is 10.1 Å². The molecule has 4 heterocycles. The Morgan fingerprint density at radius 1 is 1.15 bits per heavy atom. The molecule has 0 aromatic carbocycles. The minimum absolute atomic E-state index is 0.00627. The second-order valence-electron chi connectivity index (χ2n) is 6.15. The normalized spacial score (nSPS) is 15.6. The molecule has 4 rings (SSSR count). The van der Waals surface area contributed by atoms with Gasteiger partial charge in [-0.1, -0.05) is 6.07 Å². The summed E-state index contributed by atoms with van der Waals surface area (Å²) in [5, 5.41) is 5.70. The molecule has 1 aliphatic heterocycles. The first-order chi connectivity index (χ1) is 12.4. The molecule has 0 saturated carbocycles. The van der Waals surface area contributed by atoms with E-state index in [1.165, 1.54) is 17.4 Å². The first-order valence-corrected chi connectivity index (χ1v) is 9.12. The minimum Gasteiger partial charge on any atom is -0.337 e. The van der Waals surface area contributed by atoms with Gasteiger partial charge in [-0.05, 0) is 36.8 Å². The molecule has 1 aliphatic rings. The first kappa shape index (κ1) is 17.0. The summed E-state index contributed by atoms with van der Waals surface area (Å²) in [5.41, 5.74) is -0.711. The summed E-state index contributed by atoms with van der Waals surface area (Å²) in [7, 11) is 0. The number of aromatic nitrogens is 3. The summed E-state index contributed by atoms with van der Waals surface area (Å²) < 4.78 is 41.3. The minimum atomic E-state index is -4.61. The van der Waals surface area contributed by atoms with Crippen LogP contribution in [-0.2, 0) is 6.18 Å². The Bertz CT molecular complexity index is 943. The summed E-state index contributed by atoms with van der Waals surface area (Å²) in [6, 6.07) is 5.77. The third-order valence-electron chi connectivity index (χ3n) is 4.35. The van der Waals surface area contributed by atoms with E-state index in [4.69, 9.17) is 0 Å². The number of carbonyl (C=O) groups excluding carboxylic acids is 1. The lowest BCUT2D eigenvalue weighted by molar-refractivity contribution is -0.142. The number of alkyl halides is 3. The second-order valence-corrected chi connectivity index (χ2v) is 7.10. The van der Waals surface area contributed by atoms with Crippen molar-refractivity contribution >= 4 is 22.9 Å². The number of rotatable bonds is 2. The van der Waals surface area contributed by atoms with Gasteiger partial charge in [-0.25, -0.2) is 9.50 Å². The molecule has 3 aromatic heterocycles. The number of fused-ring (bicyclic) bond motifs is 1. The lowest BCUT2D eigenvalue weighted by atomic mass is 10.1. The van der Waals surface area contributed by atoms with Crippen LogP contribution < -0.4 is 0 Å². The van der Waals surface area contributed by atoms with Crippen molar-refractivity contribution in [3.63, 3.8) is 0 Å². The quantitative estimate of drug-likeness (QED) is 0.673. The van der Waals surface area contributed by atoms with Gasteiger partial charge in [0.1, 0.15) is 0 Å². The highest BCUT2D eigenvalue weighted by molar-refractivity contribution is 7.13. The van der Waals surface area contributed by atoms with Gasteiger partial charge in [0.2, 0.25) is 0 Å². The fourth-order valence-corrected chi connectivity index (χ4v) is 3.78. The Kier molecular flexibility index (Phi) is 4.18. The van der Waals surface area contributed by atoms with Crippen LogP contribution in [0.5, 0.6) is 0 Å². The Morgan fingerprint density at radius 2 is 1.92 bits per heavy atom. The summed E-state index contributed by atoms with van der Waals surface area (Å²) in [5.74, 6) is -0.346. The zero-order chi connectivity index (χ0) is 18.3. The maximum Gasteiger partial charge on any atom is 0.433 e. The van der Waals surface area contributed by atoms with Crippen LogP contribution in [0.15, 0.2) is 29.6 Å². The summed E-state index contributed by atoms with van der Waals surface area (Å²) in [6.45, 7) is 1.21. The van der Waals surface area contributed by atoms with E-state index in [1.807, 2.05) is 0 Å². The van der Waals surface area contributed by atoms with Crippen LogP contribution in [0.1, 0.15) is 35.4 Å². The van der Waals surface area contributed by atoms with Crippen LogP contribution in [0.3, 0.4) is 0 Å². The van der Waals surface area contributed by atoms with Crippen LogP contribution in [0.2, 0.25) is 0 Å². The molecule has 0 aliphatic carbocycles. The van der Waals surface area contributed by atoms with Crippen molar-refractivity contribution in [1.29, 1.82) is 0 Å². The number of hydrogen-bond donors (Lipinski definition) is 0. The Hall–Kier alpha value is -2.42. The molecule has 0 spiro atoms. The fraction of sp³-hybridized carbons (Fsp3) is 0.353. The zero-order valence-electron chi connectivity index (χ0n) is 13.7. The maximum atomic E-state index is 13.5. The molecule has 5 nitrogen and oxygen atoms in total. The zero-order valence-corrected chi connectivity index (χ0v) is 14.5. The van der Waals surface area contributed by atoms with Crippen LogP contribution in [0.25, 0.3) is 16.2 Å². The smallest absolute Gasteiger partial charge is 0.337 e. The molecule has 3 aromatic rings. The first-order valence-electron chi connectivity index (χ1n) is 8.25. The highest BCUT2D eigenvalue weighted by Crippen LogP contribution is 2.33. The highest BCUT2D eigenvalue weighted by atomic mass is 32.1. The van der Waals surface area contributed by atoms with Gasteiger partial charge in [0.25, 0.3) is 5.91 Å². The molecule has 0 N–H and O–H groups in total. The number of hydrogen-bond acceptors (Lipinski definition) is 4. The van der Waals surface area contributed by atoms with E-state index in [1.54, 1.807) is 22.4 Å². The fourth-order valence-electron chi connectivity index (χ4n) is 3.09. The molecule has 1 amide bonds. The summed E-state index contributed by atoms with van der Waals surface area (Å²) >= 11 is 1.31. The molecule has 26 heavy (non-hydrogen) atoms. The number of carbonyl (C=O) groups is 1. The molecule has 0 radical (unpaired) electrons. The van der Waals surface area contributed by atoms with E-state index in [-0.39, 0.29) is 22.9 Å². The van der Waals surface area contributed by atoms with Crippen molar-refractivity contribution in [2.24, 2.45) is 0 Å². The van der Waals surface area contributed by atoms with Gasteiger partial charge in [-0.2, -0.15) is 18.3 Å². The Balaban J connectivity index is 1.82. The second kappa shape index (κ2) is 6.39. The van der Waals surface area contributed by atoms with Crippen LogP contribution in [0.4, 0.5) is 13.2 Å². The number of amides is 1. The average Bonchev–Trinajstić information content (AvgIpc) is 3.29. The number of likely N-dealkylation sites (tertiary alicyclic amines) is 1. The number of halogens is 3. The van der Waals surface area contributed by atoms with Gasteiger partial charge in [0.05, 0.1) is 10.6 Å². The average molecular weight is 380 g/mol. The van der Waals surface area contributed by atoms with Crippen molar-refractivity contribution in [3.05, 3.63) is 41.0 Å². The van der Waals surface area contributed by atoms with Crippen molar-refractivity contribution in [3.8, 4) is 10.6 Å². The largest absolute Gasteiger partial charge is 0.433 e. The highest BCUT2D eigenvalue weighted by Gasteiger charge is 2.36. The molecule has 1 saturated heterocycles.